The number of rotatable bonds is 2. The van der Waals surface area contributed by atoms with Gasteiger partial charge in [0.25, 0.3) is 0 Å². The van der Waals surface area contributed by atoms with Crippen LogP contribution in [0.15, 0.2) is 42.7 Å². The van der Waals surface area contributed by atoms with Crippen molar-refractivity contribution in [1.29, 1.82) is 0 Å². The van der Waals surface area contributed by atoms with Gasteiger partial charge in [0, 0.05) is 23.8 Å². The first-order valence-corrected chi connectivity index (χ1v) is 6.38. The molecule has 0 amide bonds. The molecule has 0 spiro atoms. The van der Waals surface area contributed by atoms with E-state index in [2.05, 4.69) is 22.4 Å². The largest absolute Gasteiger partial charge is 0.399 e. The van der Waals surface area contributed by atoms with E-state index in [9.17, 15) is 0 Å². The van der Waals surface area contributed by atoms with Crippen LogP contribution in [0, 0.1) is 0 Å². The van der Waals surface area contributed by atoms with Crippen LogP contribution in [0.3, 0.4) is 0 Å². The first-order valence-electron chi connectivity index (χ1n) is 6.38. The van der Waals surface area contributed by atoms with E-state index in [0.717, 1.165) is 17.8 Å². The van der Waals surface area contributed by atoms with Gasteiger partial charge >= 0.3 is 0 Å². The highest BCUT2D eigenvalue weighted by atomic mass is 14.9. The van der Waals surface area contributed by atoms with Crippen LogP contribution in [0.5, 0.6) is 0 Å². The third-order valence-electron chi connectivity index (χ3n) is 3.50. The van der Waals surface area contributed by atoms with E-state index < -0.39 is 0 Å². The van der Waals surface area contributed by atoms with E-state index in [1.54, 1.807) is 0 Å². The number of aryl methyl sites for hydroxylation is 1. The molecule has 0 fully saturated rings. The number of nitrogens with zero attached hydrogens (tertiary/aromatic N) is 1. The second kappa shape index (κ2) is 4.69. The SMILES string of the molecule is Nc1ccc2c(c1)CCCC2Nc1ccncc1. The molecular formula is C15H17N3. The molecule has 3 heteroatoms. The second-order valence-electron chi connectivity index (χ2n) is 4.78. The van der Waals surface area contributed by atoms with Crippen molar-refractivity contribution in [2.24, 2.45) is 0 Å². The topological polar surface area (TPSA) is 50.9 Å². The summed E-state index contributed by atoms with van der Waals surface area (Å²) in [7, 11) is 0. The Labute approximate surface area is 107 Å². The molecule has 3 nitrogen and oxygen atoms in total. The first kappa shape index (κ1) is 11.1. The van der Waals surface area contributed by atoms with Crippen LogP contribution in [0.4, 0.5) is 11.4 Å². The minimum Gasteiger partial charge on any atom is -0.399 e. The molecule has 0 radical (unpaired) electrons. The van der Waals surface area contributed by atoms with Crippen LogP contribution in [-0.4, -0.2) is 4.98 Å². The fraction of sp³-hybridized carbons (Fsp3) is 0.267. The number of benzene rings is 1. The van der Waals surface area contributed by atoms with Gasteiger partial charge in [-0.3, -0.25) is 4.98 Å². The summed E-state index contributed by atoms with van der Waals surface area (Å²) in [6.07, 6.45) is 7.14. The number of fused-ring (bicyclic) bond motifs is 1. The van der Waals surface area contributed by atoms with Crippen LogP contribution in [-0.2, 0) is 6.42 Å². The summed E-state index contributed by atoms with van der Waals surface area (Å²) >= 11 is 0. The molecule has 1 aromatic heterocycles. The minimum absolute atomic E-state index is 0.386. The van der Waals surface area contributed by atoms with E-state index in [0.29, 0.717) is 6.04 Å². The highest BCUT2D eigenvalue weighted by molar-refractivity contribution is 5.50. The molecule has 1 aliphatic carbocycles. The number of nitrogens with two attached hydrogens (primary N) is 1. The fourth-order valence-electron chi connectivity index (χ4n) is 2.63. The van der Waals surface area contributed by atoms with Gasteiger partial charge in [0.05, 0.1) is 6.04 Å². The first-order chi connectivity index (χ1) is 8.83. The van der Waals surface area contributed by atoms with Gasteiger partial charge in [-0.05, 0) is 54.7 Å². The van der Waals surface area contributed by atoms with Crippen molar-refractivity contribution in [1.82, 2.24) is 4.98 Å². The lowest BCUT2D eigenvalue weighted by atomic mass is 9.87. The molecule has 92 valence electrons. The predicted octanol–water partition coefficient (Wildman–Crippen LogP) is 3.15. The molecule has 1 aliphatic rings. The summed E-state index contributed by atoms with van der Waals surface area (Å²) in [6, 6.07) is 10.7. The Morgan fingerprint density at radius 3 is 2.83 bits per heavy atom. The zero-order valence-electron chi connectivity index (χ0n) is 10.3. The lowest BCUT2D eigenvalue weighted by molar-refractivity contribution is 0.600. The van der Waals surface area contributed by atoms with Crippen LogP contribution in [0.2, 0.25) is 0 Å². The molecule has 0 saturated carbocycles. The number of hydrogen-bond donors (Lipinski definition) is 2. The summed E-state index contributed by atoms with van der Waals surface area (Å²) in [5.74, 6) is 0. The number of aromatic nitrogens is 1. The third kappa shape index (κ3) is 2.16. The van der Waals surface area contributed by atoms with Gasteiger partial charge < -0.3 is 11.1 Å². The number of hydrogen-bond acceptors (Lipinski definition) is 3. The van der Waals surface area contributed by atoms with Crippen LogP contribution in [0.25, 0.3) is 0 Å². The van der Waals surface area contributed by atoms with Gasteiger partial charge in [-0.15, -0.1) is 0 Å². The van der Waals surface area contributed by atoms with Crippen molar-refractivity contribution >= 4 is 11.4 Å². The van der Waals surface area contributed by atoms with Crippen LogP contribution >= 0.6 is 0 Å². The van der Waals surface area contributed by atoms with E-state index in [1.807, 2.05) is 30.6 Å². The fourth-order valence-corrected chi connectivity index (χ4v) is 2.63. The summed E-state index contributed by atoms with van der Waals surface area (Å²) in [6.45, 7) is 0. The number of nitrogens with one attached hydrogen (secondary N) is 1. The Bertz CT molecular complexity index is 537. The summed E-state index contributed by atoms with van der Waals surface area (Å²) < 4.78 is 0. The third-order valence-corrected chi connectivity index (χ3v) is 3.50. The van der Waals surface area contributed by atoms with Crippen LogP contribution < -0.4 is 11.1 Å². The molecule has 0 bridgehead atoms. The van der Waals surface area contributed by atoms with Crippen molar-refractivity contribution in [3.63, 3.8) is 0 Å². The van der Waals surface area contributed by atoms with Crippen molar-refractivity contribution in [2.75, 3.05) is 11.1 Å². The molecule has 0 saturated heterocycles. The monoisotopic (exact) mass is 239 g/mol. The van der Waals surface area contributed by atoms with Gasteiger partial charge in [0.15, 0.2) is 0 Å². The number of pyridine rings is 1. The van der Waals surface area contributed by atoms with Gasteiger partial charge in [0.2, 0.25) is 0 Å². The van der Waals surface area contributed by atoms with Gasteiger partial charge in [0.1, 0.15) is 0 Å². The molecule has 0 aliphatic heterocycles. The molecular weight excluding hydrogens is 222 g/mol. The summed E-state index contributed by atoms with van der Waals surface area (Å²) in [5.41, 5.74) is 10.6. The second-order valence-corrected chi connectivity index (χ2v) is 4.78. The Hall–Kier alpha value is -2.03. The molecule has 1 heterocycles. The Kier molecular flexibility index (Phi) is 2.89. The Morgan fingerprint density at radius 1 is 1.17 bits per heavy atom. The maximum absolute atomic E-state index is 5.85. The average molecular weight is 239 g/mol. The van der Waals surface area contributed by atoms with Gasteiger partial charge in [-0.1, -0.05) is 6.07 Å². The van der Waals surface area contributed by atoms with Crippen molar-refractivity contribution in [2.45, 2.75) is 25.3 Å². The van der Waals surface area contributed by atoms with E-state index >= 15 is 0 Å². The molecule has 3 N–H and O–H groups in total. The number of nitrogen functional groups attached to an aromatic ring is 1. The maximum atomic E-state index is 5.85. The number of anilines is 2. The molecule has 18 heavy (non-hydrogen) atoms. The standard InChI is InChI=1S/C15H17N3/c16-12-4-5-14-11(10-12)2-1-3-15(14)18-13-6-8-17-9-7-13/h4-10,15H,1-3,16H2,(H,17,18). The molecule has 1 atom stereocenters. The quantitative estimate of drug-likeness (QED) is 0.791. The van der Waals surface area contributed by atoms with E-state index in [1.165, 1.54) is 24.0 Å². The minimum atomic E-state index is 0.386. The highest BCUT2D eigenvalue weighted by Gasteiger charge is 2.19. The smallest absolute Gasteiger partial charge is 0.0516 e. The Morgan fingerprint density at radius 2 is 2.00 bits per heavy atom. The van der Waals surface area contributed by atoms with Crippen molar-refractivity contribution in [3.8, 4) is 0 Å². The van der Waals surface area contributed by atoms with Gasteiger partial charge in [-0.25, -0.2) is 0 Å². The zero-order chi connectivity index (χ0) is 12.4. The van der Waals surface area contributed by atoms with Crippen molar-refractivity contribution in [3.05, 3.63) is 53.9 Å². The van der Waals surface area contributed by atoms with E-state index in [4.69, 9.17) is 5.73 Å². The predicted molar refractivity (Wildman–Crippen MR) is 74.4 cm³/mol. The normalized spacial score (nSPS) is 18.1. The average Bonchev–Trinajstić information content (AvgIpc) is 2.40. The summed E-state index contributed by atoms with van der Waals surface area (Å²) in [4.78, 5) is 4.04. The molecule has 1 aromatic carbocycles. The lowest BCUT2D eigenvalue weighted by Gasteiger charge is -2.27. The van der Waals surface area contributed by atoms with Gasteiger partial charge in [-0.2, -0.15) is 0 Å². The zero-order valence-corrected chi connectivity index (χ0v) is 10.3. The highest BCUT2D eigenvalue weighted by Crippen LogP contribution is 2.33. The molecule has 1 unspecified atom stereocenters. The molecule has 2 aromatic rings. The van der Waals surface area contributed by atoms with Crippen molar-refractivity contribution < 1.29 is 0 Å². The lowest BCUT2D eigenvalue weighted by Crippen LogP contribution is -2.17. The Balaban J connectivity index is 1.87. The molecule has 3 rings (SSSR count). The van der Waals surface area contributed by atoms with E-state index in [-0.39, 0.29) is 0 Å². The summed E-state index contributed by atoms with van der Waals surface area (Å²) in [5, 5.41) is 3.58. The van der Waals surface area contributed by atoms with Crippen LogP contribution in [0.1, 0.15) is 30.0 Å². The maximum Gasteiger partial charge on any atom is 0.0516 e.